The molecule has 2 N–H and O–H groups in total. The van der Waals surface area contributed by atoms with Gasteiger partial charge in [-0.25, -0.2) is 0 Å². The maximum Gasteiger partial charge on any atom is 0.221 e. The SMILES string of the molecule is C#C[C@@H](C)[C@H](C)C(N)=O. The lowest BCUT2D eigenvalue weighted by Crippen LogP contribution is -2.25. The third kappa shape index (κ3) is 2.18. The number of hydrogen-bond acceptors (Lipinski definition) is 1. The number of amides is 1. The zero-order valence-electron chi connectivity index (χ0n) is 5.72. The van der Waals surface area contributed by atoms with Crippen LogP contribution in [0.4, 0.5) is 0 Å². The predicted octanol–water partition coefficient (Wildman–Crippen LogP) is 0.377. The van der Waals surface area contributed by atoms with Gasteiger partial charge in [-0.3, -0.25) is 4.79 Å². The minimum Gasteiger partial charge on any atom is -0.369 e. The van der Waals surface area contributed by atoms with Crippen LogP contribution >= 0.6 is 0 Å². The molecule has 0 saturated carbocycles. The largest absolute Gasteiger partial charge is 0.369 e. The molecule has 0 aromatic rings. The summed E-state index contributed by atoms with van der Waals surface area (Å²) in [6, 6.07) is 0. The van der Waals surface area contributed by atoms with Crippen LogP contribution in [0.15, 0.2) is 0 Å². The molecule has 0 heterocycles. The van der Waals surface area contributed by atoms with Gasteiger partial charge in [0.15, 0.2) is 0 Å². The molecule has 0 aliphatic carbocycles. The average molecular weight is 125 g/mol. The van der Waals surface area contributed by atoms with Crippen LogP contribution in [0.25, 0.3) is 0 Å². The first kappa shape index (κ1) is 8.03. The van der Waals surface area contributed by atoms with Gasteiger partial charge in [-0.05, 0) is 0 Å². The number of nitrogens with two attached hydrogens (primary N) is 1. The van der Waals surface area contributed by atoms with Gasteiger partial charge in [-0.2, -0.15) is 0 Å². The highest BCUT2D eigenvalue weighted by molar-refractivity contribution is 5.76. The first-order valence-corrected chi connectivity index (χ1v) is 2.85. The van der Waals surface area contributed by atoms with Gasteiger partial charge in [0.05, 0.1) is 0 Å². The van der Waals surface area contributed by atoms with Crippen LogP contribution in [-0.4, -0.2) is 5.91 Å². The van der Waals surface area contributed by atoms with Crippen molar-refractivity contribution < 1.29 is 4.79 Å². The fraction of sp³-hybridized carbons (Fsp3) is 0.571. The Morgan fingerprint density at radius 2 is 2.11 bits per heavy atom. The van der Waals surface area contributed by atoms with Crippen LogP contribution in [0.3, 0.4) is 0 Å². The molecule has 0 radical (unpaired) electrons. The van der Waals surface area contributed by atoms with Crippen LogP contribution in [-0.2, 0) is 4.79 Å². The highest BCUT2D eigenvalue weighted by Gasteiger charge is 2.14. The number of hydrogen-bond donors (Lipinski definition) is 1. The number of carbonyl (C=O) groups excluding carboxylic acids is 1. The second-order valence-electron chi connectivity index (χ2n) is 2.15. The van der Waals surface area contributed by atoms with E-state index in [-0.39, 0.29) is 17.7 Å². The predicted molar refractivity (Wildman–Crippen MR) is 36.4 cm³/mol. The molecule has 0 unspecified atom stereocenters. The summed E-state index contributed by atoms with van der Waals surface area (Å²) in [5.74, 6) is 1.85. The van der Waals surface area contributed by atoms with Crippen molar-refractivity contribution in [2.24, 2.45) is 17.6 Å². The summed E-state index contributed by atoms with van der Waals surface area (Å²) >= 11 is 0. The molecule has 2 heteroatoms. The lowest BCUT2D eigenvalue weighted by atomic mass is 9.97. The normalized spacial score (nSPS) is 15.7. The van der Waals surface area contributed by atoms with Crippen molar-refractivity contribution in [2.45, 2.75) is 13.8 Å². The summed E-state index contributed by atoms with van der Waals surface area (Å²) in [5, 5.41) is 0. The molecule has 0 fully saturated rings. The highest BCUT2D eigenvalue weighted by Crippen LogP contribution is 2.07. The van der Waals surface area contributed by atoms with Crippen LogP contribution in [0.2, 0.25) is 0 Å². The van der Waals surface area contributed by atoms with E-state index in [4.69, 9.17) is 12.2 Å². The summed E-state index contributed by atoms with van der Waals surface area (Å²) < 4.78 is 0. The molecule has 0 aromatic heterocycles. The molecular weight excluding hydrogens is 114 g/mol. The zero-order valence-corrected chi connectivity index (χ0v) is 5.72. The molecular formula is C7H11NO. The molecule has 2 nitrogen and oxygen atoms in total. The number of primary amides is 1. The molecule has 0 saturated heterocycles. The van der Waals surface area contributed by atoms with E-state index in [1.807, 2.05) is 0 Å². The third-order valence-electron chi connectivity index (χ3n) is 1.46. The average Bonchev–Trinajstić information content (AvgIpc) is 1.84. The summed E-state index contributed by atoms with van der Waals surface area (Å²) in [4.78, 5) is 10.4. The number of terminal acetylenes is 1. The lowest BCUT2D eigenvalue weighted by molar-refractivity contribution is -0.122. The summed E-state index contributed by atoms with van der Waals surface area (Å²) in [7, 11) is 0. The minimum absolute atomic E-state index is 0.0532. The Hall–Kier alpha value is -0.970. The fourth-order valence-electron chi connectivity index (χ4n) is 0.391. The number of carbonyl (C=O) groups is 1. The van der Waals surface area contributed by atoms with Crippen LogP contribution in [0, 0.1) is 24.2 Å². The number of rotatable bonds is 2. The third-order valence-corrected chi connectivity index (χ3v) is 1.46. The molecule has 0 aromatic carbocycles. The van der Waals surface area contributed by atoms with Gasteiger partial charge in [-0.15, -0.1) is 12.3 Å². The van der Waals surface area contributed by atoms with E-state index in [0.717, 1.165) is 0 Å². The molecule has 2 atom stereocenters. The zero-order chi connectivity index (χ0) is 7.44. The van der Waals surface area contributed by atoms with Gasteiger partial charge in [0.25, 0.3) is 0 Å². The van der Waals surface area contributed by atoms with Crippen molar-refractivity contribution in [3.05, 3.63) is 0 Å². The Balaban J connectivity index is 3.91. The van der Waals surface area contributed by atoms with Gasteiger partial charge in [0.2, 0.25) is 5.91 Å². The Bertz CT molecular complexity index is 145. The first-order valence-electron chi connectivity index (χ1n) is 2.85. The van der Waals surface area contributed by atoms with E-state index in [1.165, 1.54) is 0 Å². The molecule has 1 amide bonds. The smallest absolute Gasteiger partial charge is 0.221 e. The molecule has 0 aliphatic rings. The molecule has 0 spiro atoms. The second kappa shape index (κ2) is 3.13. The van der Waals surface area contributed by atoms with Gasteiger partial charge in [0.1, 0.15) is 0 Å². The maximum atomic E-state index is 10.4. The fourth-order valence-corrected chi connectivity index (χ4v) is 0.391. The van der Waals surface area contributed by atoms with Gasteiger partial charge in [-0.1, -0.05) is 13.8 Å². The van der Waals surface area contributed by atoms with Gasteiger partial charge >= 0.3 is 0 Å². The van der Waals surface area contributed by atoms with E-state index in [0.29, 0.717) is 0 Å². The summed E-state index contributed by atoms with van der Waals surface area (Å²) in [5.41, 5.74) is 4.98. The van der Waals surface area contributed by atoms with Crippen molar-refractivity contribution in [1.29, 1.82) is 0 Å². The highest BCUT2D eigenvalue weighted by atomic mass is 16.1. The minimum atomic E-state index is -0.333. The van der Waals surface area contributed by atoms with Crippen molar-refractivity contribution in [3.63, 3.8) is 0 Å². The Kier molecular flexibility index (Phi) is 2.80. The van der Waals surface area contributed by atoms with Crippen molar-refractivity contribution in [3.8, 4) is 12.3 Å². The quantitative estimate of drug-likeness (QED) is 0.532. The van der Waals surface area contributed by atoms with Crippen molar-refractivity contribution >= 4 is 5.91 Å². The van der Waals surface area contributed by atoms with Crippen molar-refractivity contribution in [1.82, 2.24) is 0 Å². The van der Waals surface area contributed by atoms with Crippen LogP contribution in [0.5, 0.6) is 0 Å². The van der Waals surface area contributed by atoms with E-state index in [9.17, 15) is 4.79 Å². The Morgan fingerprint density at radius 1 is 1.67 bits per heavy atom. The van der Waals surface area contributed by atoms with E-state index >= 15 is 0 Å². The standard InChI is InChI=1S/C7H11NO/c1-4-5(2)6(3)7(8)9/h1,5-6H,2-3H3,(H2,8,9)/t5-,6+/m1/s1. The van der Waals surface area contributed by atoms with Gasteiger partial charge in [0, 0.05) is 11.8 Å². The Labute approximate surface area is 55.4 Å². The topological polar surface area (TPSA) is 43.1 Å². The molecule has 0 aliphatic heterocycles. The molecule has 50 valence electrons. The second-order valence-corrected chi connectivity index (χ2v) is 2.15. The van der Waals surface area contributed by atoms with Gasteiger partial charge < -0.3 is 5.73 Å². The van der Waals surface area contributed by atoms with E-state index < -0.39 is 0 Å². The van der Waals surface area contributed by atoms with Crippen LogP contribution in [0.1, 0.15) is 13.8 Å². The molecule has 0 rings (SSSR count). The summed E-state index contributed by atoms with van der Waals surface area (Å²) in [6.45, 7) is 3.53. The monoisotopic (exact) mass is 125 g/mol. The maximum absolute atomic E-state index is 10.4. The van der Waals surface area contributed by atoms with Crippen LogP contribution < -0.4 is 5.73 Å². The van der Waals surface area contributed by atoms with Crippen molar-refractivity contribution in [2.75, 3.05) is 0 Å². The lowest BCUT2D eigenvalue weighted by Gasteiger charge is -2.08. The molecule has 0 bridgehead atoms. The van der Waals surface area contributed by atoms with E-state index in [1.54, 1.807) is 13.8 Å². The van der Waals surface area contributed by atoms with E-state index in [2.05, 4.69) is 5.92 Å². The summed E-state index contributed by atoms with van der Waals surface area (Å²) in [6.07, 6.45) is 5.05. The Morgan fingerprint density at radius 3 is 2.22 bits per heavy atom. The first-order chi connectivity index (χ1) is 4.09. The molecule has 9 heavy (non-hydrogen) atoms.